The van der Waals surface area contributed by atoms with Gasteiger partial charge in [-0.2, -0.15) is 0 Å². The number of carboxylic acid groups (broad SMARTS) is 1. The lowest BCUT2D eigenvalue weighted by Crippen LogP contribution is -2.35. The maximum Gasteiger partial charge on any atom is 0.321 e. The van der Waals surface area contributed by atoms with E-state index in [9.17, 15) is 13.2 Å². The predicted octanol–water partition coefficient (Wildman–Crippen LogP) is 0.305. The van der Waals surface area contributed by atoms with Gasteiger partial charge in [0, 0.05) is 6.26 Å². The molecule has 2 N–H and O–H groups in total. The lowest BCUT2D eigenvalue weighted by Gasteiger charge is -2.11. The topological polar surface area (TPSA) is 83.5 Å². The van der Waals surface area contributed by atoms with Gasteiger partial charge in [-0.3, -0.25) is 4.79 Å². The predicted molar refractivity (Wildman–Crippen MR) is 63.7 cm³/mol. The monoisotopic (exact) mass is 257 g/mol. The van der Waals surface area contributed by atoms with Crippen LogP contribution in [-0.4, -0.2) is 38.8 Å². The van der Waals surface area contributed by atoms with Crippen LogP contribution in [0.2, 0.25) is 0 Å². The maximum absolute atomic E-state index is 11.3. The van der Waals surface area contributed by atoms with Gasteiger partial charge < -0.3 is 10.4 Å². The van der Waals surface area contributed by atoms with Gasteiger partial charge in [0.05, 0.1) is 4.90 Å². The first-order valence-electron chi connectivity index (χ1n) is 5.03. The summed E-state index contributed by atoms with van der Waals surface area (Å²) >= 11 is 0. The van der Waals surface area contributed by atoms with Crippen molar-refractivity contribution in [3.05, 3.63) is 29.8 Å². The van der Waals surface area contributed by atoms with Crippen molar-refractivity contribution in [3.63, 3.8) is 0 Å². The molecule has 0 heterocycles. The number of sulfone groups is 1. The molecule has 0 radical (unpaired) electrons. The van der Waals surface area contributed by atoms with E-state index in [0.29, 0.717) is 5.56 Å². The van der Waals surface area contributed by atoms with Crippen molar-refractivity contribution < 1.29 is 18.3 Å². The number of carbonyl (C=O) groups is 1. The number of hydrogen-bond donors (Lipinski definition) is 2. The van der Waals surface area contributed by atoms with Gasteiger partial charge >= 0.3 is 5.97 Å². The molecule has 17 heavy (non-hydrogen) atoms. The minimum atomic E-state index is -3.26. The summed E-state index contributed by atoms with van der Waals surface area (Å²) in [5.41, 5.74) is 0.676. The Morgan fingerprint density at radius 1 is 1.47 bits per heavy atom. The second-order valence-electron chi connectivity index (χ2n) is 3.80. The van der Waals surface area contributed by atoms with Gasteiger partial charge in [0.15, 0.2) is 9.84 Å². The minimum absolute atomic E-state index is 0.204. The molecule has 0 aliphatic heterocycles. The lowest BCUT2D eigenvalue weighted by molar-refractivity contribution is -0.139. The first-order valence-corrected chi connectivity index (χ1v) is 6.93. The summed E-state index contributed by atoms with van der Waals surface area (Å²) in [6.45, 7) is 0. The van der Waals surface area contributed by atoms with Crippen molar-refractivity contribution >= 4 is 15.8 Å². The van der Waals surface area contributed by atoms with Gasteiger partial charge in [-0.1, -0.05) is 12.1 Å². The molecule has 0 bridgehead atoms. The van der Waals surface area contributed by atoms with Crippen molar-refractivity contribution in [1.82, 2.24) is 5.32 Å². The minimum Gasteiger partial charge on any atom is -0.480 e. The highest BCUT2D eigenvalue weighted by Gasteiger charge is 2.16. The van der Waals surface area contributed by atoms with Gasteiger partial charge in [-0.25, -0.2) is 8.42 Å². The van der Waals surface area contributed by atoms with Crippen LogP contribution >= 0.6 is 0 Å². The molecule has 94 valence electrons. The van der Waals surface area contributed by atoms with Crippen LogP contribution in [0.1, 0.15) is 5.56 Å². The van der Waals surface area contributed by atoms with E-state index < -0.39 is 21.8 Å². The van der Waals surface area contributed by atoms with Crippen LogP contribution in [0.15, 0.2) is 29.2 Å². The summed E-state index contributed by atoms with van der Waals surface area (Å²) < 4.78 is 22.7. The van der Waals surface area contributed by atoms with E-state index in [2.05, 4.69) is 5.32 Å². The van der Waals surface area contributed by atoms with Crippen molar-refractivity contribution in [2.75, 3.05) is 13.3 Å². The number of nitrogens with one attached hydrogen (secondary N) is 1. The summed E-state index contributed by atoms with van der Waals surface area (Å²) in [6.07, 6.45) is 1.37. The fourth-order valence-corrected chi connectivity index (χ4v) is 2.14. The third-order valence-electron chi connectivity index (χ3n) is 2.41. The van der Waals surface area contributed by atoms with Crippen LogP contribution in [0.5, 0.6) is 0 Å². The zero-order valence-electron chi connectivity index (χ0n) is 9.67. The highest BCUT2D eigenvalue weighted by Crippen LogP contribution is 2.12. The van der Waals surface area contributed by atoms with E-state index >= 15 is 0 Å². The van der Waals surface area contributed by atoms with E-state index in [0.717, 1.165) is 6.26 Å². The number of aliphatic carboxylic acids is 1. The first-order chi connectivity index (χ1) is 7.84. The molecule has 6 heteroatoms. The smallest absolute Gasteiger partial charge is 0.321 e. The van der Waals surface area contributed by atoms with Crippen molar-refractivity contribution in [2.45, 2.75) is 17.4 Å². The lowest BCUT2D eigenvalue weighted by atomic mass is 10.1. The van der Waals surface area contributed by atoms with E-state index in [-0.39, 0.29) is 11.3 Å². The Morgan fingerprint density at radius 3 is 2.59 bits per heavy atom. The largest absolute Gasteiger partial charge is 0.480 e. The molecule has 0 spiro atoms. The number of hydrogen-bond acceptors (Lipinski definition) is 4. The fraction of sp³-hybridized carbons (Fsp3) is 0.364. The molecule has 1 aromatic carbocycles. The molecule has 0 aliphatic carbocycles. The standard InChI is InChI=1S/C11H15NO4S/c1-12-10(11(13)14)7-8-4-3-5-9(6-8)17(2,15)16/h3-6,10,12H,7H2,1-2H3,(H,13,14)/t10-/m0/s1. The molecule has 0 fully saturated rings. The van der Waals surface area contributed by atoms with E-state index in [1.165, 1.54) is 12.1 Å². The highest BCUT2D eigenvalue weighted by atomic mass is 32.2. The van der Waals surface area contributed by atoms with Gasteiger partial charge in [0.2, 0.25) is 0 Å². The molecule has 0 unspecified atom stereocenters. The van der Waals surface area contributed by atoms with Crippen LogP contribution < -0.4 is 5.32 Å². The van der Waals surface area contributed by atoms with E-state index in [4.69, 9.17) is 5.11 Å². The molecule has 0 aromatic heterocycles. The normalized spacial score (nSPS) is 13.3. The Morgan fingerprint density at radius 2 is 2.12 bits per heavy atom. The van der Waals surface area contributed by atoms with E-state index in [1.807, 2.05) is 0 Å². The first kappa shape index (κ1) is 13.7. The Balaban J connectivity index is 2.97. The number of likely N-dealkylation sites (N-methyl/N-ethyl adjacent to an activating group) is 1. The van der Waals surface area contributed by atoms with Gasteiger partial charge in [0.25, 0.3) is 0 Å². The molecule has 1 atom stereocenters. The van der Waals surface area contributed by atoms with Crippen molar-refractivity contribution in [1.29, 1.82) is 0 Å². The molecule has 0 saturated carbocycles. The van der Waals surface area contributed by atoms with Gasteiger partial charge in [-0.15, -0.1) is 0 Å². The average Bonchev–Trinajstić information content (AvgIpc) is 2.24. The summed E-state index contributed by atoms with van der Waals surface area (Å²) in [5.74, 6) is -0.961. The SMILES string of the molecule is CN[C@@H](Cc1cccc(S(C)(=O)=O)c1)C(=O)O. The molecule has 0 saturated heterocycles. The van der Waals surface area contributed by atoms with Gasteiger partial charge in [-0.05, 0) is 31.2 Å². The van der Waals surface area contributed by atoms with Crippen LogP contribution in [-0.2, 0) is 21.1 Å². The van der Waals surface area contributed by atoms with Crippen LogP contribution in [0.4, 0.5) is 0 Å². The zero-order valence-corrected chi connectivity index (χ0v) is 10.5. The fourth-order valence-electron chi connectivity index (χ4n) is 1.45. The average molecular weight is 257 g/mol. The van der Waals surface area contributed by atoms with E-state index in [1.54, 1.807) is 19.2 Å². The number of benzene rings is 1. The molecule has 1 rings (SSSR count). The Hall–Kier alpha value is -1.40. The number of carboxylic acids is 1. The van der Waals surface area contributed by atoms with Crippen LogP contribution in [0, 0.1) is 0 Å². The van der Waals surface area contributed by atoms with Gasteiger partial charge in [0.1, 0.15) is 6.04 Å². The van der Waals surface area contributed by atoms with Crippen molar-refractivity contribution in [3.8, 4) is 0 Å². The Kier molecular flexibility index (Phi) is 4.25. The summed E-state index contributed by atoms with van der Waals surface area (Å²) in [4.78, 5) is 11.0. The Bertz CT molecular complexity index is 510. The molecule has 0 aliphatic rings. The second-order valence-corrected chi connectivity index (χ2v) is 5.82. The molecule has 1 aromatic rings. The Labute approximate surface area is 100 Å². The summed E-state index contributed by atoms with van der Waals surface area (Å²) in [6, 6.07) is 5.60. The maximum atomic E-state index is 11.3. The quantitative estimate of drug-likeness (QED) is 0.793. The van der Waals surface area contributed by atoms with Crippen LogP contribution in [0.3, 0.4) is 0 Å². The third-order valence-corrected chi connectivity index (χ3v) is 3.52. The van der Waals surface area contributed by atoms with Crippen molar-refractivity contribution in [2.24, 2.45) is 0 Å². The zero-order chi connectivity index (χ0) is 13.1. The molecular formula is C11H15NO4S. The summed E-state index contributed by atoms with van der Waals surface area (Å²) in [7, 11) is -1.70. The summed E-state index contributed by atoms with van der Waals surface area (Å²) in [5, 5.41) is 11.5. The van der Waals surface area contributed by atoms with Crippen LogP contribution in [0.25, 0.3) is 0 Å². The molecule has 5 nitrogen and oxygen atoms in total. The molecule has 0 amide bonds. The highest BCUT2D eigenvalue weighted by molar-refractivity contribution is 7.90. The molecular weight excluding hydrogens is 242 g/mol. The second kappa shape index (κ2) is 5.29. The third kappa shape index (κ3) is 3.83. The number of rotatable bonds is 5.